The van der Waals surface area contributed by atoms with Crippen LogP contribution >= 0.6 is 46.4 Å². The van der Waals surface area contributed by atoms with Crippen LogP contribution in [0.2, 0.25) is 20.1 Å². The monoisotopic (exact) mass is 351 g/mol. The number of benzene rings is 2. The van der Waals surface area contributed by atoms with Crippen molar-refractivity contribution in [3.8, 4) is 11.1 Å². The lowest BCUT2D eigenvalue weighted by Crippen LogP contribution is -2.07. The zero-order valence-electron chi connectivity index (χ0n) is 10.4. The Bertz CT molecular complexity index is 658. The summed E-state index contributed by atoms with van der Waals surface area (Å²) in [6.07, 6.45) is 0. The van der Waals surface area contributed by atoms with Crippen LogP contribution in [0.25, 0.3) is 11.1 Å². The molecule has 6 heteroatoms. The summed E-state index contributed by atoms with van der Waals surface area (Å²) in [5.41, 5.74) is 1.93. The summed E-state index contributed by atoms with van der Waals surface area (Å²) in [7, 11) is 1.80. The first-order valence-electron chi connectivity index (χ1n) is 5.72. The van der Waals surface area contributed by atoms with Crippen molar-refractivity contribution in [3.05, 3.63) is 55.7 Å². The summed E-state index contributed by atoms with van der Waals surface area (Å²) in [5, 5.41) is 4.01. The summed E-state index contributed by atoms with van der Waals surface area (Å²) in [5.74, 6) is -0.377. The molecule has 106 valence electrons. The van der Waals surface area contributed by atoms with Crippen LogP contribution in [0.5, 0.6) is 0 Å². The second-order valence-electron chi connectivity index (χ2n) is 4.17. The van der Waals surface area contributed by atoms with Gasteiger partial charge in [0, 0.05) is 12.1 Å². The van der Waals surface area contributed by atoms with Crippen molar-refractivity contribution in [2.24, 2.45) is 0 Å². The fourth-order valence-corrected chi connectivity index (χ4v) is 3.06. The van der Waals surface area contributed by atoms with Gasteiger partial charge in [0.1, 0.15) is 5.82 Å². The molecule has 0 unspecified atom stereocenters. The Morgan fingerprint density at radius 2 is 1.70 bits per heavy atom. The molecule has 0 fully saturated rings. The number of hydrogen-bond donors (Lipinski definition) is 1. The van der Waals surface area contributed by atoms with Crippen LogP contribution in [0.15, 0.2) is 24.3 Å². The Hall–Kier alpha value is -0.510. The minimum atomic E-state index is -0.377. The predicted molar refractivity (Wildman–Crippen MR) is 84.6 cm³/mol. The maximum absolute atomic E-state index is 13.6. The Kier molecular flexibility index (Phi) is 5.16. The summed E-state index contributed by atoms with van der Waals surface area (Å²) in [4.78, 5) is 0. The topological polar surface area (TPSA) is 12.0 Å². The highest BCUT2D eigenvalue weighted by atomic mass is 35.5. The van der Waals surface area contributed by atoms with E-state index in [1.165, 1.54) is 18.2 Å². The lowest BCUT2D eigenvalue weighted by atomic mass is 9.99. The molecule has 0 heterocycles. The average molecular weight is 353 g/mol. The van der Waals surface area contributed by atoms with E-state index in [4.69, 9.17) is 46.4 Å². The van der Waals surface area contributed by atoms with Gasteiger partial charge in [-0.1, -0.05) is 52.5 Å². The Morgan fingerprint density at radius 3 is 2.35 bits per heavy atom. The molecule has 0 aliphatic rings. The first-order valence-corrected chi connectivity index (χ1v) is 7.23. The smallest absolute Gasteiger partial charge is 0.123 e. The second kappa shape index (κ2) is 6.50. The Balaban J connectivity index is 2.74. The Labute approximate surface area is 136 Å². The predicted octanol–water partition coefficient (Wildman–Crippen LogP) is 5.83. The molecule has 1 nitrogen and oxygen atoms in total. The molecule has 20 heavy (non-hydrogen) atoms. The molecule has 2 aromatic rings. The minimum Gasteiger partial charge on any atom is -0.316 e. The molecule has 2 rings (SSSR count). The summed E-state index contributed by atoms with van der Waals surface area (Å²) < 4.78 is 13.6. The van der Waals surface area contributed by atoms with Crippen molar-refractivity contribution in [2.45, 2.75) is 6.54 Å². The highest BCUT2D eigenvalue weighted by Gasteiger charge is 2.18. The molecule has 0 saturated carbocycles. The van der Waals surface area contributed by atoms with Crippen LogP contribution in [-0.2, 0) is 6.54 Å². The van der Waals surface area contributed by atoms with Gasteiger partial charge in [0.25, 0.3) is 0 Å². The van der Waals surface area contributed by atoms with Crippen LogP contribution < -0.4 is 5.32 Å². The van der Waals surface area contributed by atoms with Crippen molar-refractivity contribution in [3.63, 3.8) is 0 Å². The number of nitrogens with one attached hydrogen (secondary N) is 1. The SMILES string of the molecule is CNCc1ccc(F)cc1-c1c(Cl)cc(Cl)c(Cl)c1Cl. The molecule has 0 atom stereocenters. The van der Waals surface area contributed by atoms with Crippen LogP contribution in [0.3, 0.4) is 0 Å². The van der Waals surface area contributed by atoms with Crippen molar-refractivity contribution in [1.82, 2.24) is 5.32 Å². The first-order chi connectivity index (χ1) is 9.45. The molecule has 0 radical (unpaired) electrons. The average Bonchev–Trinajstić information content (AvgIpc) is 2.39. The van der Waals surface area contributed by atoms with E-state index in [2.05, 4.69) is 5.32 Å². The van der Waals surface area contributed by atoms with E-state index in [9.17, 15) is 4.39 Å². The van der Waals surface area contributed by atoms with Crippen LogP contribution in [0.4, 0.5) is 4.39 Å². The van der Waals surface area contributed by atoms with Gasteiger partial charge in [-0.2, -0.15) is 0 Å². The third-order valence-corrected chi connectivity index (χ3v) is 4.38. The third-order valence-electron chi connectivity index (χ3n) is 2.82. The first kappa shape index (κ1) is 15.9. The largest absolute Gasteiger partial charge is 0.316 e. The van der Waals surface area contributed by atoms with E-state index in [1.807, 2.05) is 0 Å². The van der Waals surface area contributed by atoms with Gasteiger partial charge in [-0.3, -0.25) is 0 Å². The molecule has 2 aromatic carbocycles. The van der Waals surface area contributed by atoms with E-state index < -0.39 is 0 Å². The quantitative estimate of drug-likeness (QED) is 0.541. The van der Waals surface area contributed by atoms with Crippen molar-refractivity contribution in [2.75, 3.05) is 7.05 Å². The van der Waals surface area contributed by atoms with E-state index >= 15 is 0 Å². The molecule has 0 aromatic heterocycles. The van der Waals surface area contributed by atoms with Gasteiger partial charge < -0.3 is 5.32 Å². The number of rotatable bonds is 3. The van der Waals surface area contributed by atoms with E-state index in [0.717, 1.165) is 5.56 Å². The lowest BCUT2D eigenvalue weighted by molar-refractivity contribution is 0.627. The van der Waals surface area contributed by atoms with Crippen LogP contribution in [0, 0.1) is 5.82 Å². The number of hydrogen-bond acceptors (Lipinski definition) is 1. The molecule has 0 spiro atoms. The minimum absolute atomic E-state index is 0.201. The highest BCUT2D eigenvalue weighted by Crippen LogP contribution is 2.44. The number of halogens is 5. The molecular formula is C14H10Cl4FN. The van der Waals surface area contributed by atoms with E-state index in [-0.39, 0.29) is 20.9 Å². The standard InChI is InChI=1S/C14H10Cl4FN/c1-20-6-7-2-3-8(19)4-9(7)12-10(15)5-11(16)13(17)14(12)18/h2-5,20H,6H2,1H3. The van der Waals surface area contributed by atoms with Gasteiger partial charge in [0.2, 0.25) is 0 Å². The summed E-state index contributed by atoms with van der Waals surface area (Å²) in [6.45, 7) is 0.544. The van der Waals surface area contributed by atoms with E-state index in [0.29, 0.717) is 22.7 Å². The fraction of sp³-hybridized carbons (Fsp3) is 0.143. The van der Waals surface area contributed by atoms with Gasteiger partial charge in [-0.15, -0.1) is 0 Å². The summed E-state index contributed by atoms with van der Waals surface area (Å²) >= 11 is 24.4. The van der Waals surface area contributed by atoms with Crippen molar-refractivity contribution in [1.29, 1.82) is 0 Å². The molecule has 0 aliphatic carbocycles. The highest BCUT2D eigenvalue weighted by molar-refractivity contribution is 6.51. The van der Waals surface area contributed by atoms with Crippen molar-refractivity contribution < 1.29 is 4.39 Å². The summed E-state index contributed by atoms with van der Waals surface area (Å²) in [6, 6.07) is 5.94. The van der Waals surface area contributed by atoms with Crippen LogP contribution in [-0.4, -0.2) is 7.05 Å². The molecule has 0 aliphatic heterocycles. The maximum atomic E-state index is 13.6. The molecule has 0 bridgehead atoms. The van der Waals surface area contributed by atoms with E-state index in [1.54, 1.807) is 13.1 Å². The van der Waals surface area contributed by atoms with Crippen LogP contribution in [0.1, 0.15) is 5.56 Å². The van der Waals surface area contributed by atoms with Gasteiger partial charge in [-0.05, 0) is 36.4 Å². The molecule has 0 amide bonds. The second-order valence-corrected chi connectivity index (χ2v) is 5.75. The zero-order chi connectivity index (χ0) is 14.9. The fourth-order valence-electron chi connectivity index (χ4n) is 1.94. The lowest BCUT2D eigenvalue weighted by Gasteiger charge is -2.14. The van der Waals surface area contributed by atoms with Crippen molar-refractivity contribution >= 4 is 46.4 Å². The van der Waals surface area contributed by atoms with Gasteiger partial charge in [0.05, 0.1) is 20.1 Å². The molecule has 1 N–H and O–H groups in total. The Morgan fingerprint density at radius 1 is 1.00 bits per heavy atom. The molecular weight excluding hydrogens is 343 g/mol. The zero-order valence-corrected chi connectivity index (χ0v) is 13.4. The van der Waals surface area contributed by atoms with Gasteiger partial charge in [0.15, 0.2) is 0 Å². The van der Waals surface area contributed by atoms with Gasteiger partial charge >= 0.3 is 0 Å². The normalized spacial score (nSPS) is 10.9. The molecule has 0 saturated heterocycles. The maximum Gasteiger partial charge on any atom is 0.123 e. The third kappa shape index (κ3) is 3.05. The van der Waals surface area contributed by atoms with Gasteiger partial charge in [-0.25, -0.2) is 4.39 Å².